The van der Waals surface area contributed by atoms with Crippen LogP contribution < -0.4 is 14.8 Å². The molecule has 26 heavy (non-hydrogen) atoms. The third-order valence-electron chi connectivity index (χ3n) is 3.37. The molecule has 0 spiro atoms. The van der Waals surface area contributed by atoms with E-state index in [1.165, 1.54) is 0 Å². The molecular weight excluding hydrogens is 354 g/mol. The minimum absolute atomic E-state index is 0.297. The molecule has 0 aliphatic rings. The summed E-state index contributed by atoms with van der Waals surface area (Å²) in [4.78, 5) is 14.5. The molecule has 0 heterocycles. The van der Waals surface area contributed by atoms with E-state index in [-0.39, 0.29) is 5.91 Å². The predicted octanol–water partition coefficient (Wildman–Crippen LogP) is 2.25. The number of nitrogens with one attached hydrogen (secondary N) is 2. The van der Waals surface area contributed by atoms with Crippen LogP contribution in [0.15, 0.2) is 48.5 Å². The van der Waals surface area contributed by atoms with E-state index in [4.69, 9.17) is 4.74 Å². The van der Waals surface area contributed by atoms with Crippen LogP contribution in [0.5, 0.6) is 5.75 Å². The topological polar surface area (TPSA) is 87.7 Å². The number of ether oxygens (including phenoxy) is 1. The Bertz CT molecular complexity index is 849. The maximum Gasteiger partial charge on any atom is 0.259 e. The number of anilines is 2. The monoisotopic (exact) mass is 377 g/mol. The van der Waals surface area contributed by atoms with Crippen LogP contribution in [0, 0.1) is 0 Å². The summed E-state index contributed by atoms with van der Waals surface area (Å²) >= 11 is 0. The molecule has 0 fully saturated rings. The molecule has 1 amide bonds. The SMILES string of the molecule is CN(C)CCOc1ccccc1C(=O)Nc1ccc(NS(C)(=O)=O)cc1. The lowest BCUT2D eigenvalue weighted by Gasteiger charge is -2.14. The molecule has 140 valence electrons. The minimum atomic E-state index is -3.33. The molecular formula is C18H23N3O4S. The fraction of sp³-hybridized carbons (Fsp3) is 0.278. The molecule has 0 bridgehead atoms. The van der Waals surface area contributed by atoms with Crippen LogP contribution in [0.2, 0.25) is 0 Å². The van der Waals surface area contributed by atoms with Gasteiger partial charge in [-0.2, -0.15) is 0 Å². The first-order valence-electron chi connectivity index (χ1n) is 8.00. The number of hydrogen-bond acceptors (Lipinski definition) is 5. The Balaban J connectivity index is 2.05. The second-order valence-corrected chi connectivity index (χ2v) is 7.80. The number of benzene rings is 2. The molecule has 8 heteroatoms. The van der Waals surface area contributed by atoms with Crippen LogP contribution >= 0.6 is 0 Å². The molecule has 2 N–H and O–H groups in total. The molecule has 2 aromatic rings. The molecule has 7 nitrogen and oxygen atoms in total. The number of likely N-dealkylation sites (N-methyl/N-ethyl adjacent to an activating group) is 1. The van der Waals surface area contributed by atoms with Gasteiger partial charge in [0, 0.05) is 17.9 Å². The van der Waals surface area contributed by atoms with Crippen molar-refractivity contribution in [3.8, 4) is 5.75 Å². The summed E-state index contributed by atoms with van der Waals surface area (Å²) in [5, 5.41) is 2.78. The number of carbonyl (C=O) groups is 1. The standard InChI is InChI=1S/C18H23N3O4S/c1-21(2)12-13-25-17-7-5-4-6-16(17)18(22)19-14-8-10-15(11-9-14)20-26(3,23)24/h4-11,20H,12-13H2,1-3H3,(H,19,22). The van der Waals surface area contributed by atoms with Gasteiger partial charge in [0.25, 0.3) is 5.91 Å². The van der Waals surface area contributed by atoms with Crippen molar-refractivity contribution in [2.45, 2.75) is 0 Å². The average Bonchev–Trinajstić information content (AvgIpc) is 2.55. The van der Waals surface area contributed by atoms with Gasteiger partial charge in [0.15, 0.2) is 0 Å². The maximum absolute atomic E-state index is 12.5. The molecule has 2 rings (SSSR count). The molecule has 0 unspecified atom stereocenters. The van der Waals surface area contributed by atoms with E-state index in [1.54, 1.807) is 42.5 Å². The number of carbonyl (C=O) groups excluding carboxylic acids is 1. The average molecular weight is 377 g/mol. The highest BCUT2D eigenvalue weighted by Crippen LogP contribution is 2.21. The Labute approximate surface area is 154 Å². The first-order chi connectivity index (χ1) is 12.2. The minimum Gasteiger partial charge on any atom is -0.491 e. The predicted molar refractivity (Wildman–Crippen MR) is 103 cm³/mol. The van der Waals surface area contributed by atoms with Crippen molar-refractivity contribution >= 4 is 27.3 Å². The second-order valence-electron chi connectivity index (χ2n) is 6.05. The lowest BCUT2D eigenvalue weighted by molar-refractivity contribution is 0.102. The van der Waals surface area contributed by atoms with Crippen molar-refractivity contribution in [3.05, 3.63) is 54.1 Å². The van der Waals surface area contributed by atoms with Crippen LogP contribution in [-0.4, -0.2) is 52.7 Å². The summed E-state index contributed by atoms with van der Waals surface area (Å²) in [7, 11) is 0.563. The highest BCUT2D eigenvalue weighted by Gasteiger charge is 2.12. The number of amides is 1. The fourth-order valence-corrected chi connectivity index (χ4v) is 2.72. The fourth-order valence-electron chi connectivity index (χ4n) is 2.15. The van der Waals surface area contributed by atoms with Gasteiger partial charge in [-0.3, -0.25) is 9.52 Å². The zero-order valence-corrected chi connectivity index (χ0v) is 15.8. The van der Waals surface area contributed by atoms with Gasteiger partial charge in [-0.15, -0.1) is 0 Å². The van der Waals surface area contributed by atoms with E-state index in [0.29, 0.717) is 29.3 Å². The van der Waals surface area contributed by atoms with Crippen molar-refractivity contribution in [1.29, 1.82) is 0 Å². The highest BCUT2D eigenvalue weighted by atomic mass is 32.2. The van der Waals surface area contributed by atoms with Crippen LogP contribution in [0.1, 0.15) is 10.4 Å². The van der Waals surface area contributed by atoms with E-state index in [9.17, 15) is 13.2 Å². The molecule has 0 aliphatic carbocycles. The summed E-state index contributed by atoms with van der Waals surface area (Å²) in [5.74, 6) is 0.219. The number of para-hydroxylation sites is 1. The molecule has 0 aromatic heterocycles. The smallest absolute Gasteiger partial charge is 0.259 e. The third-order valence-corrected chi connectivity index (χ3v) is 3.98. The molecule has 0 aliphatic heterocycles. The Morgan fingerprint density at radius 3 is 2.27 bits per heavy atom. The zero-order valence-electron chi connectivity index (χ0n) is 15.0. The van der Waals surface area contributed by atoms with Gasteiger partial charge in [-0.25, -0.2) is 8.42 Å². The Hall–Kier alpha value is -2.58. The highest BCUT2D eigenvalue weighted by molar-refractivity contribution is 7.92. The second kappa shape index (κ2) is 8.68. The summed E-state index contributed by atoms with van der Waals surface area (Å²) < 4.78 is 30.5. The molecule has 2 aromatic carbocycles. The summed E-state index contributed by atoms with van der Waals surface area (Å²) in [6.45, 7) is 1.22. The van der Waals surface area contributed by atoms with E-state index in [2.05, 4.69) is 10.0 Å². The summed E-state index contributed by atoms with van der Waals surface area (Å²) in [6, 6.07) is 13.4. The van der Waals surface area contributed by atoms with Crippen LogP contribution in [0.4, 0.5) is 11.4 Å². The molecule has 0 atom stereocenters. The Morgan fingerprint density at radius 1 is 1.04 bits per heavy atom. The number of nitrogens with zero attached hydrogens (tertiary/aromatic N) is 1. The lowest BCUT2D eigenvalue weighted by atomic mass is 10.2. The summed E-state index contributed by atoms with van der Waals surface area (Å²) in [6.07, 6.45) is 1.08. The van der Waals surface area contributed by atoms with E-state index in [0.717, 1.165) is 12.8 Å². The molecule has 0 saturated carbocycles. The summed E-state index contributed by atoms with van der Waals surface area (Å²) in [5.41, 5.74) is 1.42. The number of rotatable bonds is 8. The van der Waals surface area contributed by atoms with Gasteiger partial charge >= 0.3 is 0 Å². The van der Waals surface area contributed by atoms with Crippen molar-refractivity contribution < 1.29 is 17.9 Å². The first-order valence-corrected chi connectivity index (χ1v) is 9.89. The van der Waals surface area contributed by atoms with Crippen molar-refractivity contribution in [1.82, 2.24) is 4.90 Å². The third kappa shape index (κ3) is 6.38. The van der Waals surface area contributed by atoms with Gasteiger partial charge in [0.1, 0.15) is 12.4 Å². The van der Waals surface area contributed by atoms with Gasteiger partial charge in [-0.05, 0) is 50.5 Å². The van der Waals surface area contributed by atoms with Gasteiger partial charge < -0.3 is 15.0 Å². The largest absolute Gasteiger partial charge is 0.491 e. The molecule has 0 saturated heterocycles. The maximum atomic E-state index is 12.5. The van der Waals surface area contributed by atoms with Crippen molar-refractivity contribution in [2.75, 3.05) is 43.5 Å². The van der Waals surface area contributed by atoms with E-state index < -0.39 is 10.0 Å². The van der Waals surface area contributed by atoms with Crippen LogP contribution in [0.3, 0.4) is 0 Å². The van der Waals surface area contributed by atoms with Crippen molar-refractivity contribution in [2.24, 2.45) is 0 Å². The van der Waals surface area contributed by atoms with Crippen LogP contribution in [-0.2, 0) is 10.0 Å². The Morgan fingerprint density at radius 2 is 1.65 bits per heavy atom. The van der Waals surface area contributed by atoms with E-state index >= 15 is 0 Å². The van der Waals surface area contributed by atoms with Crippen molar-refractivity contribution in [3.63, 3.8) is 0 Å². The first kappa shape index (κ1) is 19.7. The zero-order chi connectivity index (χ0) is 19.2. The Kier molecular flexibility index (Phi) is 6.59. The number of hydrogen-bond donors (Lipinski definition) is 2. The van der Waals surface area contributed by atoms with Gasteiger partial charge in [0.2, 0.25) is 10.0 Å². The molecule has 0 radical (unpaired) electrons. The van der Waals surface area contributed by atoms with Gasteiger partial charge in [-0.1, -0.05) is 12.1 Å². The normalized spacial score (nSPS) is 11.2. The quantitative estimate of drug-likeness (QED) is 0.737. The van der Waals surface area contributed by atoms with Crippen LogP contribution in [0.25, 0.3) is 0 Å². The lowest BCUT2D eigenvalue weighted by Crippen LogP contribution is -2.20. The van der Waals surface area contributed by atoms with E-state index in [1.807, 2.05) is 25.1 Å². The number of sulfonamides is 1. The van der Waals surface area contributed by atoms with Gasteiger partial charge in [0.05, 0.1) is 11.8 Å².